The number of allylic oxidation sites excluding steroid dienone is 1. The fraction of sp³-hybridized carbons (Fsp3) is 0.150. The van der Waals surface area contributed by atoms with Crippen LogP contribution in [0.3, 0.4) is 0 Å². The summed E-state index contributed by atoms with van der Waals surface area (Å²) in [5.74, 6) is 0.920. The van der Waals surface area contributed by atoms with Crippen molar-refractivity contribution in [2.75, 3.05) is 11.1 Å². The fourth-order valence-electron chi connectivity index (χ4n) is 2.50. The van der Waals surface area contributed by atoms with Crippen molar-refractivity contribution < 1.29 is 4.79 Å². The van der Waals surface area contributed by atoms with E-state index in [1.807, 2.05) is 60.0 Å². The number of nitrogens with zero attached hydrogens (tertiary/aromatic N) is 3. The Morgan fingerprint density at radius 2 is 2.04 bits per heavy atom. The standard InChI is InChI=1S/C20H19BrN4OS/c1-3-11-25-19(15-9-7-14(2)8-10-15)23-24-20(25)27-13-18(26)22-17-6-4-5-16(21)12-17/h3-10,12H,1,11,13H2,2H3,(H,22,26). The lowest BCUT2D eigenvalue weighted by atomic mass is 10.1. The van der Waals surface area contributed by atoms with Gasteiger partial charge in [-0.1, -0.05) is 69.7 Å². The van der Waals surface area contributed by atoms with Crippen molar-refractivity contribution in [3.63, 3.8) is 0 Å². The molecule has 0 aliphatic rings. The highest BCUT2D eigenvalue weighted by Crippen LogP contribution is 2.25. The average Bonchev–Trinajstić information content (AvgIpc) is 3.04. The first kappa shape index (κ1) is 19.4. The van der Waals surface area contributed by atoms with Gasteiger partial charge in [-0.25, -0.2) is 0 Å². The first-order chi connectivity index (χ1) is 13.1. The van der Waals surface area contributed by atoms with E-state index in [1.165, 1.54) is 17.3 Å². The molecule has 5 nitrogen and oxygen atoms in total. The molecule has 0 unspecified atom stereocenters. The third-order valence-corrected chi connectivity index (χ3v) is 5.24. The lowest BCUT2D eigenvalue weighted by Gasteiger charge is -2.08. The van der Waals surface area contributed by atoms with E-state index in [2.05, 4.69) is 38.0 Å². The molecule has 27 heavy (non-hydrogen) atoms. The number of carbonyl (C=O) groups excluding carboxylic acids is 1. The fourth-order valence-corrected chi connectivity index (χ4v) is 3.65. The lowest BCUT2D eigenvalue weighted by Crippen LogP contribution is -2.14. The van der Waals surface area contributed by atoms with Crippen LogP contribution in [0, 0.1) is 6.92 Å². The molecule has 1 amide bonds. The van der Waals surface area contributed by atoms with Gasteiger partial charge in [0.15, 0.2) is 11.0 Å². The van der Waals surface area contributed by atoms with Gasteiger partial charge in [-0.15, -0.1) is 16.8 Å². The Labute approximate surface area is 171 Å². The summed E-state index contributed by atoms with van der Waals surface area (Å²) in [6, 6.07) is 15.6. The van der Waals surface area contributed by atoms with Gasteiger partial charge in [0.1, 0.15) is 0 Å². The van der Waals surface area contributed by atoms with Crippen molar-refractivity contribution in [1.29, 1.82) is 0 Å². The van der Waals surface area contributed by atoms with Gasteiger partial charge in [0.25, 0.3) is 0 Å². The third-order valence-electron chi connectivity index (χ3n) is 3.78. The maximum Gasteiger partial charge on any atom is 0.234 e. The van der Waals surface area contributed by atoms with Gasteiger partial charge < -0.3 is 5.32 Å². The van der Waals surface area contributed by atoms with Gasteiger partial charge >= 0.3 is 0 Å². The summed E-state index contributed by atoms with van der Waals surface area (Å²) in [5.41, 5.74) is 2.93. The number of hydrogen-bond acceptors (Lipinski definition) is 4. The number of benzene rings is 2. The average molecular weight is 443 g/mol. The minimum atomic E-state index is -0.0943. The van der Waals surface area contributed by atoms with E-state index >= 15 is 0 Å². The monoisotopic (exact) mass is 442 g/mol. The molecule has 1 heterocycles. The summed E-state index contributed by atoms with van der Waals surface area (Å²) < 4.78 is 2.88. The highest BCUT2D eigenvalue weighted by atomic mass is 79.9. The van der Waals surface area contributed by atoms with Crippen LogP contribution < -0.4 is 5.32 Å². The van der Waals surface area contributed by atoms with E-state index in [0.29, 0.717) is 11.7 Å². The van der Waals surface area contributed by atoms with Crippen molar-refractivity contribution in [2.45, 2.75) is 18.6 Å². The van der Waals surface area contributed by atoms with E-state index < -0.39 is 0 Å². The zero-order valence-corrected chi connectivity index (χ0v) is 17.3. The van der Waals surface area contributed by atoms with Gasteiger partial charge in [0.05, 0.1) is 5.75 Å². The molecule has 0 aliphatic heterocycles. The van der Waals surface area contributed by atoms with Gasteiger partial charge in [-0.3, -0.25) is 9.36 Å². The van der Waals surface area contributed by atoms with E-state index in [9.17, 15) is 4.79 Å². The van der Waals surface area contributed by atoms with Gasteiger partial charge in [0.2, 0.25) is 5.91 Å². The highest BCUT2D eigenvalue weighted by Gasteiger charge is 2.15. The minimum absolute atomic E-state index is 0.0943. The molecular formula is C20H19BrN4OS. The number of halogens is 1. The van der Waals surface area contributed by atoms with E-state index in [4.69, 9.17) is 0 Å². The molecule has 0 saturated heterocycles. The second-order valence-corrected chi connectivity index (χ2v) is 7.78. The van der Waals surface area contributed by atoms with Crippen LogP contribution in [0.4, 0.5) is 5.69 Å². The zero-order chi connectivity index (χ0) is 19.2. The number of aromatic nitrogens is 3. The lowest BCUT2D eigenvalue weighted by molar-refractivity contribution is -0.113. The highest BCUT2D eigenvalue weighted by molar-refractivity contribution is 9.10. The van der Waals surface area contributed by atoms with Crippen LogP contribution in [-0.4, -0.2) is 26.4 Å². The van der Waals surface area contributed by atoms with E-state index in [1.54, 1.807) is 6.08 Å². The van der Waals surface area contributed by atoms with Crippen LogP contribution in [0.15, 0.2) is 70.8 Å². The Hall–Kier alpha value is -2.38. The van der Waals surface area contributed by atoms with Crippen molar-refractivity contribution in [1.82, 2.24) is 14.8 Å². The number of amides is 1. The van der Waals surface area contributed by atoms with Crippen LogP contribution in [0.5, 0.6) is 0 Å². The number of aryl methyl sites for hydroxylation is 1. The number of anilines is 1. The Morgan fingerprint density at radius 1 is 1.26 bits per heavy atom. The summed E-state index contributed by atoms with van der Waals surface area (Å²) in [6.07, 6.45) is 1.80. The Morgan fingerprint density at radius 3 is 2.74 bits per heavy atom. The predicted octanol–water partition coefficient (Wildman–Crippen LogP) is 4.93. The SMILES string of the molecule is C=CCn1c(SCC(=O)Nc2cccc(Br)c2)nnc1-c1ccc(C)cc1. The molecule has 0 saturated carbocycles. The second-order valence-electron chi connectivity index (χ2n) is 5.92. The van der Waals surface area contributed by atoms with Gasteiger partial charge in [0, 0.05) is 22.3 Å². The van der Waals surface area contributed by atoms with E-state index in [-0.39, 0.29) is 11.7 Å². The van der Waals surface area contributed by atoms with Crippen molar-refractivity contribution in [2.24, 2.45) is 0 Å². The zero-order valence-electron chi connectivity index (χ0n) is 14.9. The van der Waals surface area contributed by atoms with Crippen LogP contribution in [0.2, 0.25) is 0 Å². The van der Waals surface area contributed by atoms with Crippen LogP contribution >= 0.6 is 27.7 Å². The molecule has 3 aromatic rings. The van der Waals surface area contributed by atoms with E-state index in [0.717, 1.165) is 21.5 Å². The number of rotatable bonds is 7. The third kappa shape index (κ3) is 5.08. The maximum atomic E-state index is 12.3. The molecule has 0 fully saturated rings. The first-order valence-corrected chi connectivity index (χ1v) is 10.1. The Kier molecular flexibility index (Phi) is 6.47. The topological polar surface area (TPSA) is 59.8 Å². The number of nitrogens with one attached hydrogen (secondary N) is 1. The molecule has 0 spiro atoms. The summed E-state index contributed by atoms with van der Waals surface area (Å²) in [5, 5.41) is 12.2. The Bertz CT molecular complexity index is 953. The molecule has 2 aromatic carbocycles. The van der Waals surface area contributed by atoms with Crippen LogP contribution in [0.25, 0.3) is 11.4 Å². The molecule has 7 heteroatoms. The molecule has 3 rings (SSSR count). The summed E-state index contributed by atoms with van der Waals surface area (Å²) >= 11 is 4.75. The second kappa shape index (κ2) is 9.01. The Balaban J connectivity index is 1.72. The number of carbonyl (C=O) groups is 1. The molecule has 0 aliphatic carbocycles. The van der Waals surface area contributed by atoms with Crippen LogP contribution in [-0.2, 0) is 11.3 Å². The van der Waals surface area contributed by atoms with Gasteiger partial charge in [-0.05, 0) is 25.1 Å². The summed E-state index contributed by atoms with van der Waals surface area (Å²) in [7, 11) is 0. The van der Waals surface area contributed by atoms with Crippen molar-refractivity contribution >= 4 is 39.3 Å². The van der Waals surface area contributed by atoms with Crippen LogP contribution in [0.1, 0.15) is 5.56 Å². The molecular weight excluding hydrogens is 424 g/mol. The maximum absolute atomic E-state index is 12.3. The first-order valence-electron chi connectivity index (χ1n) is 8.36. The normalized spacial score (nSPS) is 10.6. The number of hydrogen-bond donors (Lipinski definition) is 1. The van der Waals surface area contributed by atoms with Gasteiger partial charge in [-0.2, -0.15) is 0 Å². The van der Waals surface area contributed by atoms with Crippen molar-refractivity contribution in [3.8, 4) is 11.4 Å². The molecule has 1 N–H and O–H groups in total. The number of thioether (sulfide) groups is 1. The quantitative estimate of drug-likeness (QED) is 0.416. The van der Waals surface area contributed by atoms with Crippen molar-refractivity contribution in [3.05, 3.63) is 71.2 Å². The molecule has 138 valence electrons. The largest absolute Gasteiger partial charge is 0.325 e. The summed E-state index contributed by atoms with van der Waals surface area (Å²) in [4.78, 5) is 12.3. The summed E-state index contributed by atoms with van der Waals surface area (Å²) in [6.45, 7) is 6.44. The minimum Gasteiger partial charge on any atom is -0.325 e. The molecule has 1 aromatic heterocycles. The molecule has 0 radical (unpaired) electrons. The molecule has 0 bridgehead atoms. The molecule has 0 atom stereocenters. The smallest absolute Gasteiger partial charge is 0.234 e. The predicted molar refractivity (Wildman–Crippen MR) is 114 cm³/mol.